The van der Waals surface area contributed by atoms with Crippen molar-refractivity contribution in [1.29, 1.82) is 0 Å². The summed E-state index contributed by atoms with van der Waals surface area (Å²) in [5, 5.41) is 6.49. The van der Waals surface area contributed by atoms with E-state index in [0.29, 0.717) is 24.5 Å². The molecule has 1 aliphatic heterocycles. The second kappa shape index (κ2) is 8.72. The van der Waals surface area contributed by atoms with Crippen LogP contribution >= 0.6 is 11.6 Å². The molecular weight excluding hydrogens is 350 g/mol. The summed E-state index contributed by atoms with van der Waals surface area (Å²) in [7, 11) is 0. The number of anilines is 1. The summed E-state index contributed by atoms with van der Waals surface area (Å²) >= 11 is 5.87. The number of hydrogen-bond acceptors (Lipinski definition) is 2. The number of hydrogen-bond donors (Lipinski definition) is 2. The van der Waals surface area contributed by atoms with Gasteiger partial charge in [0, 0.05) is 23.8 Å². The Labute approximate surface area is 158 Å². The lowest BCUT2D eigenvalue weighted by Gasteiger charge is -2.24. The zero-order valence-electron chi connectivity index (χ0n) is 14.5. The first kappa shape index (κ1) is 18.3. The number of amides is 3. The second-order valence-corrected chi connectivity index (χ2v) is 6.75. The van der Waals surface area contributed by atoms with Gasteiger partial charge in [0.05, 0.1) is 0 Å². The van der Waals surface area contributed by atoms with Crippen LogP contribution in [0.4, 0.5) is 10.5 Å². The highest BCUT2D eigenvalue weighted by molar-refractivity contribution is 6.30. The van der Waals surface area contributed by atoms with Crippen LogP contribution in [0.15, 0.2) is 54.6 Å². The predicted molar refractivity (Wildman–Crippen MR) is 103 cm³/mol. The van der Waals surface area contributed by atoms with Gasteiger partial charge in [0.15, 0.2) is 0 Å². The van der Waals surface area contributed by atoms with Crippen LogP contribution in [0.25, 0.3) is 0 Å². The minimum atomic E-state index is -0.413. The van der Waals surface area contributed by atoms with E-state index in [-0.39, 0.29) is 11.9 Å². The number of urea groups is 1. The number of carbonyl (C=O) groups is 2. The Hall–Kier alpha value is -2.53. The number of halogens is 1. The molecule has 1 atom stereocenters. The van der Waals surface area contributed by atoms with E-state index in [4.69, 9.17) is 11.6 Å². The molecule has 0 aliphatic carbocycles. The highest BCUT2D eigenvalue weighted by atomic mass is 35.5. The lowest BCUT2D eigenvalue weighted by atomic mass is 10.1. The van der Waals surface area contributed by atoms with Crippen LogP contribution in [0.5, 0.6) is 0 Å². The summed E-state index contributed by atoms with van der Waals surface area (Å²) in [6.07, 6.45) is 2.25. The van der Waals surface area contributed by atoms with Gasteiger partial charge in [0.1, 0.15) is 6.04 Å². The van der Waals surface area contributed by atoms with Gasteiger partial charge in [-0.25, -0.2) is 4.79 Å². The first-order valence-electron chi connectivity index (χ1n) is 8.78. The van der Waals surface area contributed by atoms with Gasteiger partial charge in [-0.1, -0.05) is 41.9 Å². The Morgan fingerprint density at radius 3 is 2.54 bits per heavy atom. The molecule has 6 heteroatoms. The van der Waals surface area contributed by atoms with Gasteiger partial charge in [-0.3, -0.25) is 4.79 Å². The van der Waals surface area contributed by atoms with Gasteiger partial charge < -0.3 is 15.5 Å². The van der Waals surface area contributed by atoms with Gasteiger partial charge in [-0.2, -0.15) is 0 Å². The highest BCUT2D eigenvalue weighted by Crippen LogP contribution is 2.19. The fourth-order valence-corrected chi connectivity index (χ4v) is 3.22. The Morgan fingerprint density at radius 2 is 1.81 bits per heavy atom. The molecule has 0 aromatic heterocycles. The maximum atomic E-state index is 12.5. The molecule has 0 bridgehead atoms. The van der Waals surface area contributed by atoms with E-state index in [1.54, 1.807) is 4.90 Å². The molecule has 0 unspecified atom stereocenters. The molecule has 2 aromatic rings. The van der Waals surface area contributed by atoms with Crippen LogP contribution in [0.1, 0.15) is 18.4 Å². The fourth-order valence-electron chi connectivity index (χ4n) is 3.10. The SMILES string of the molecule is O=C(NCCc1ccc(Cl)cc1)[C@H]1CCCN1C(=O)Nc1ccccc1. The molecule has 0 radical (unpaired) electrons. The van der Waals surface area contributed by atoms with Gasteiger partial charge in [-0.05, 0) is 49.1 Å². The molecular formula is C20H22ClN3O2. The lowest BCUT2D eigenvalue weighted by molar-refractivity contribution is -0.124. The first-order chi connectivity index (χ1) is 12.6. The Kier molecular flexibility index (Phi) is 6.12. The average Bonchev–Trinajstić information content (AvgIpc) is 3.14. The summed E-state index contributed by atoms with van der Waals surface area (Å²) in [5.41, 5.74) is 1.84. The third kappa shape index (κ3) is 4.76. The minimum absolute atomic E-state index is 0.0975. The Balaban J connectivity index is 1.51. The van der Waals surface area contributed by atoms with Crippen molar-refractivity contribution in [1.82, 2.24) is 10.2 Å². The van der Waals surface area contributed by atoms with Crippen LogP contribution in [0, 0.1) is 0 Å². The van der Waals surface area contributed by atoms with Crippen LogP contribution in [-0.4, -0.2) is 36.0 Å². The zero-order valence-corrected chi connectivity index (χ0v) is 15.2. The van der Waals surface area contributed by atoms with Gasteiger partial charge in [-0.15, -0.1) is 0 Å². The van der Waals surface area contributed by atoms with Crippen LogP contribution in [0.3, 0.4) is 0 Å². The molecule has 3 rings (SSSR count). The third-order valence-corrected chi connectivity index (χ3v) is 4.72. The van der Waals surface area contributed by atoms with Crippen molar-refractivity contribution in [2.24, 2.45) is 0 Å². The van der Waals surface area contributed by atoms with Gasteiger partial charge in [0.2, 0.25) is 5.91 Å². The van der Waals surface area contributed by atoms with Crippen molar-refractivity contribution in [2.45, 2.75) is 25.3 Å². The molecule has 1 aliphatic rings. The molecule has 2 aromatic carbocycles. The van der Waals surface area contributed by atoms with Crippen molar-refractivity contribution >= 4 is 29.2 Å². The third-order valence-electron chi connectivity index (χ3n) is 4.47. The topological polar surface area (TPSA) is 61.4 Å². The van der Waals surface area contributed by atoms with E-state index in [1.807, 2.05) is 54.6 Å². The number of nitrogens with zero attached hydrogens (tertiary/aromatic N) is 1. The summed E-state index contributed by atoms with van der Waals surface area (Å²) in [6.45, 7) is 1.12. The van der Waals surface area contributed by atoms with Crippen molar-refractivity contribution in [3.63, 3.8) is 0 Å². The Morgan fingerprint density at radius 1 is 1.08 bits per heavy atom. The minimum Gasteiger partial charge on any atom is -0.354 e. The number of rotatable bonds is 5. The van der Waals surface area contributed by atoms with E-state index in [2.05, 4.69) is 10.6 Å². The largest absolute Gasteiger partial charge is 0.354 e. The van der Waals surface area contributed by atoms with E-state index in [0.717, 1.165) is 24.1 Å². The summed E-state index contributed by atoms with van der Waals surface area (Å²) in [6, 6.07) is 16.2. The van der Waals surface area contributed by atoms with Crippen LogP contribution in [-0.2, 0) is 11.2 Å². The molecule has 1 heterocycles. The number of benzene rings is 2. The molecule has 1 saturated heterocycles. The normalized spacial score (nSPS) is 16.3. The monoisotopic (exact) mass is 371 g/mol. The highest BCUT2D eigenvalue weighted by Gasteiger charge is 2.33. The zero-order chi connectivity index (χ0) is 18.4. The van der Waals surface area contributed by atoms with Crippen molar-refractivity contribution in [3.8, 4) is 0 Å². The quantitative estimate of drug-likeness (QED) is 0.841. The first-order valence-corrected chi connectivity index (χ1v) is 9.16. The number of para-hydroxylation sites is 1. The van der Waals surface area contributed by atoms with E-state index in [9.17, 15) is 9.59 Å². The summed E-state index contributed by atoms with van der Waals surface area (Å²) in [5.74, 6) is -0.0975. The molecule has 0 spiro atoms. The lowest BCUT2D eigenvalue weighted by Crippen LogP contribution is -2.47. The maximum absolute atomic E-state index is 12.5. The molecule has 2 N–H and O–H groups in total. The maximum Gasteiger partial charge on any atom is 0.322 e. The summed E-state index contributed by atoms with van der Waals surface area (Å²) in [4.78, 5) is 26.6. The van der Waals surface area contributed by atoms with E-state index in [1.165, 1.54) is 0 Å². The van der Waals surface area contributed by atoms with Gasteiger partial charge in [0.25, 0.3) is 0 Å². The molecule has 1 fully saturated rings. The number of nitrogens with one attached hydrogen (secondary N) is 2. The molecule has 26 heavy (non-hydrogen) atoms. The molecule has 0 saturated carbocycles. The van der Waals surface area contributed by atoms with E-state index >= 15 is 0 Å². The van der Waals surface area contributed by atoms with Gasteiger partial charge >= 0.3 is 6.03 Å². The van der Waals surface area contributed by atoms with Crippen molar-refractivity contribution in [2.75, 3.05) is 18.4 Å². The molecule has 5 nitrogen and oxygen atoms in total. The fraction of sp³-hybridized carbons (Fsp3) is 0.300. The van der Waals surface area contributed by atoms with Crippen LogP contribution in [0.2, 0.25) is 5.02 Å². The summed E-state index contributed by atoms with van der Waals surface area (Å²) < 4.78 is 0. The van der Waals surface area contributed by atoms with Crippen LogP contribution < -0.4 is 10.6 Å². The standard InChI is InChI=1S/C20H22ClN3O2/c21-16-10-8-15(9-11-16)12-13-22-19(25)18-7-4-14-24(18)20(26)23-17-5-2-1-3-6-17/h1-3,5-6,8-11,18H,4,7,12-14H2,(H,22,25)(H,23,26)/t18-/m1/s1. The Bertz CT molecular complexity index is 749. The second-order valence-electron chi connectivity index (χ2n) is 6.32. The van der Waals surface area contributed by atoms with E-state index < -0.39 is 6.04 Å². The smallest absolute Gasteiger partial charge is 0.322 e. The molecule has 136 valence electrons. The average molecular weight is 372 g/mol. The van der Waals surface area contributed by atoms with Crippen molar-refractivity contribution < 1.29 is 9.59 Å². The predicted octanol–water partition coefficient (Wildman–Crippen LogP) is 3.70. The number of carbonyl (C=O) groups excluding carboxylic acids is 2. The molecule has 3 amide bonds. The van der Waals surface area contributed by atoms with Crippen molar-refractivity contribution in [3.05, 3.63) is 65.2 Å². The number of likely N-dealkylation sites (tertiary alicyclic amines) is 1.